The van der Waals surface area contributed by atoms with Gasteiger partial charge < -0.3 is 14.6 Å². The van der Waals surface area contributed by atoms with Crippen LogP contribution in [0.5, 0.6) is 11.5 Å². The van der Waals surface area contributed by atoms with Crippen molar-refractivity contribution in [2.24, 2.45) is 5.41 Å². The van der Waals surface area contributed by atoms with E-state index in [1.165, 1.54) is 29.5 Å². The first kappa shape index (κ1) is 18.0. The van der Waals surface area contributed by atoms with Crippen molar-refractivity contribution in [3.8, 4) is 11.5 Å². The summed E-state index contributed by atoms with van der Waals surface area (Å²) in [5.74, 6) is 1.74. The number of rotatable bonds is 5. The molecule has 1 N–H and O–H groups in total. The van der Waals surface area contributed by atoms with Crippen LogP contribution in [0.15, 0.2) is 42.5 Å². The topological polar surface area (TPSA) is 41.9 Å². The zero-order valence-electron chi connectivity index (χ0n) is 16.6. The minimum Gasteiger partial charge on any atom is -0.486 e. The minimum absolute atomic E-state index is 0.0218. The van der Waals surface area contributed by atoms with Crippen LogP contribution in [0.4, 0.5) is 0 Å². The molecule has 0 aromatic heterocycles. The Hall–Kier alpha value is -2.04. The molecule has 28 heavy (non-hydrogen) atoms. The molecule has 5 rings (SSSR count). The Balaban J connectivity index is 1.40. The second kappa shape index (κ2) is 7.09. The summed E-state index contributed by atoms with van der Waals surface area (Å²) < 4.78 is 11.5. The number of benzene rings is 2. The lowest BCUT2D eigenvalue weighted by atomic mass is 9.70. The monoisotopic (exact) mass is 379 g/mol. The Labute approximate surface area is 167 Å². The Bertz CT molecular complexity index is 852. The first-order valence-electron chi connectivity index (χ1n) is 10.5. The van der Waals surface area contributed by atoms with Crippen LogP contribution in [0.3, 0.4) is 0 Å². The fourth-order valence-electron chi connectivity index (χ4n) is 5.68. The van der Waals surface area contributed by atoms with Gasteiger partial charge in [-0.05, 0) is 61.4 Å². The molecule has 0 radical (unpaired) electrons. The highest BCUT2D eigenvalue weighted by atomic mass is 16.6. The van der Waals surface area contributed by atoms with Gasteiger partial charge in [-0.2, -0.15) is 0 Å². The van der Waals surface area contributed by atoms with E-state index in [1.807, 2.05) is 0 Å². The second-order valence-electron chi connectivity index (χ2n) is 8.73. The van der Waals surface area contributed by atoms with Gasteiger partial charge in [0.1, 0.15) is 13.2 Å². The third kappa shape index (κ3) is 2.99. The smallest absolute Gasteiger partial charge is 0.161 e. The average molecular weight is 380 g/mol. The predicted octanol–water partition coefficient (Wildman–Crippen LogP) is 3.72. The number of aryl methyl sites for hydroxylation is 1. The summed E-state index contributed by atoms with van der Waals surface area (Å²) in [6.45, 7) is 4.60. The van der Waals surface area contributed by atoms with Crippen LogP contribution >= 0.6 is 0 Å². The van der Waals surface area contributed by atoms with Gasteiger partial charge in [0.05, 0.1) is 6.61 Å². The van der Waals surface area contributed by atoms with Gasteiger partial charge >= 0.3 is 0 Å². The van der Waals surface area contributed by atoms with E-state index in [0.717, 1.165) is 30.9 Å². The van der Waals surface area contributed by atoms with E-state index in [0.29, 0.717) is 25.3 Å². The molecular weight excluding hydrogens is 350 g/mol. The molecule has 0 amide bonds. The maximum absolute atomic E-state index is 10.4. The maximum Gasteiger partial charge on any atom is 0.161 e. The lowest BCUT2D eigenvalue weighted by molar-refractivity contribution is 0.0749. The SMILES string of the molecule is Cc1cc2c(cc1CN1[C@H]3CC[C@@H]1[C@@](CO)(Cc1ccccc1)C3)OCCO2. The summed E-state index contributed by atoms with van der Waals surface area (Å²) in [4.78, 5) is 2.65. The fraction of sp³-hybridized carbons (Fsp3) is 0.500. The van der Waals surface area contributed by atoms with Gasteiger partial charge in [-0.1, -0.05) is 30.3 Å². The van der Waals surface area contributed by atoms with Gasteiger partial charge in [-0.3, -0.25) is 4.90 Å². The van der Waals surface area contributed by atoms with Crippen LogP contribution in [-0.2, 0) is 13.0 Å². The normalized spacial score (nSPS) is 28.6. The molecule has 4 heteroatoms. The van der Waals surface area contributed by atoms with Crippen LogP contribution in [0.25, 0.3) is 0 Å². The summed E-state index contributed by atoms with van der Waals surface area (Å²) in [6, 6.07) is 15.9. The van der Waals surface area contributed by atoms with Crippen LogP contribution in [0, 0.1) is 12.3 Å². The molecule has 148 valence electrons. The maximum atomic E-state index is 10.4. The van der Waals surface area contributed by atoms with Crippen molar-refractivity contribution in [1.29, 1.82) is 0 Å². The standard InChI is InChI=1S/C24H29NO3/c1-17-11-21-22(28-10-9-27-21)12-19(17)15-25-20-7-8-23(25)24(14-20,16-26)13-18-5-3-2-4-6-18/h2-6,11-12,20,23,26H,7-10,13-16H2,1H3/t20-,23+,24-/m0/s1. The number of aliphatic hydroxyl groups excluding tert-OH is 1. The molecule has 2 fully saturated rings. The van der Waals surface area contributed by atoms with Crippen molar-refractivity contribution >= 4 is 0 Å². The Morgan fingerprint density at radius 3 is 2.57 bits per heavy atom. The van der Waals surface area contributed by atoms with Crippen molar-refractivity contribution in [3.05, 3.63) is 59.2 Å². The van der Waals surface area contributed by atoms with Crippen LogP contribution in [0.2, 0.25) is 0 Å². The number of hydrogen-bond donors (Lipinski definition) is 1. The van der Waals surface area contributed by atoms with Crippen LogP contribution in [-0.4, -0.2) is 41.9 Å². The lowest BCUT2D eigenvalue weighted by Gasteiger charge is -2.36. The van der Waals surface area contributed by atoms with E-state index in [-0.39, 0.29) is 12.0 Å². The Kier molecular flexibility index (Phi) is 4.56. The van der Waals surface area contributed by atoms with Gasteiger partial charge in [-0.25, -0.2) is 0 Å². The van der Waals surface area contributed by atoms with E-state index in [9.17, 15) is 5.11 Å². The molecule has 0 aliphatic carbocycles. The molecule has 2 aromatic carbocycles. The molecule has 3 atom stereocenters. The van der Waals surface area contributed by atoms with Crippen molar-refractivity contribution in [3.63, 3.8) is 0 Å². The Morgan fingerprint density at radius 2 is 1.82 bits per heavy atom. The molecule has 2 aromatic rings. The van der Waals surface area contributed by atoms with E-state index in [1.54, 1.807) is 0 Å². The van der Waals surface area contributed by atoms with Gasteiger partial charge in [0, 0.05) is 24.0 Å². The number of hydrogen-bond acceptors (Lipinski definition) is 4. The first-order chi connectivity index (χ1) is 13.7. The molecule has 3 heterocycles. The van der Waals surface area contributed by atoms with E-state index >= 15 is 0 Å². The fourth-order valence-corrected chi connectivity index (χ4v) is 5.68. The van der Waals surface area contributed by atoms with Crippen molar-refractivity contribution < 1.29 is 14.6 Å². The summed E-state index contributed by atoms with van der Waals surface area (Å²) in [7, 11) is 0. The van der Waals surface area contributed by atoms with Crippen LogP contribution < -0.4 is 9.47 Å². The average Bonchev–Trinajstić information content (AvgIpc) is 3.24. The molecule has 0 spiro atoms. The molecule has 2 bridgehead atoms. The number of nitrogens with zero attached hydrogens (tertiary/aromatic N) is 1. The highest BCUT2D eigenvalue weighted by molar-refractivity contribution is 5.48. The summed E-state index contributed by atoms with van der Waals surface area (Å²) >= 11 is 0. The van der Waals surface area contributed by atoms with Crippen LogP contribution in [0.1, 0.15) is 36.0 Å². The van der Waals surface area contributed by atoms with Gasteiger partial charge in [0.25, 0.3) is 0 Å². The van der Waals surface area contributed by atoms with Gasteiger partial charge in [-0.15, -0.1) is 0 Å². The van der Waals surface area contributed by atoms with Crippen molar-refractivity contribution in [2.75, 3.05) is 19.8 Å². The molecule has 3 aliphatic rings. The van der Waals surface area contributed by atoms with Crippen molar-refractivity contribution in [1.82, 2.24) is 4.90 Å². The van der Waals surface area contributed by atoms with Crippen molar-refractivity contribution in [2.45, 2.75) is 51.2 Å². The molecular formula is C24H29NO3. The summed E-state index contributed by atoms with van der Waals surface area (Å²) in [5, 5.41) is 10.4. The predicted molar refractivity (Wildman–Crippen MR) is 109 cm³/mol. The minimum atomic E-state index is -0.0218. The lowest BCUT2D eigenvalue weighted by Crippen LogP contribution is -2.41. The summed E-state index contributed by atoms with van der Waals surface area (Å²) in [5.41, 5.74) is 3.88. The molecule has 0 unspecified atom stereocenters. The van der Waals surface area contributed by atoms with E-state index in [4.69, 9.17) is 9.47 Å². The second-order valence-corrected chi connectivity index (χ2v) is 8.73. The quantitative estimate of drug-likeness (QED) is 0.860. The highest BCUT2D eigenvalue weighted by Gasteiger charge is 2.55. The van der Waals surface area contributed by atoms with Gasteiger partial charge in [0.2, 0.25) is 0 Å². The zero-order chi connectivity index (χ0) is 19.1. The molecule has 2 saturated heterocycles. The largest absolute Gasteiger partial charge is 0.486 e. The summed E-state index contributed by atoms with van der Waals surface area (Å²) in [6.07, 6.45) is 4.47. The zero-order valence-corrected chi connectivity index (χ0v) is 16.6. The van der Waals surface area contributed by atoms with E-state index in [2.05, 4.69) is 54.3 Å². The third-order valence-electron chi connectivity index (χ3n) is 7.06. The number of fused-ring (bicyclic) bond motifs is 3. The number of ether oxygens (including phenoxy) is 2. The first-order valence-corrected chi connectivity index (χ1v) is 10.5. The Morgan fingerprint density at radius 1 is 1.07 bits per heavy atom. The molecule has 4 nitrogen and oxygen atoms in total. The van der Waals surface area contributed by atoms with E-state index < -0.39 is 0 Å². The number of aliphatic hydroxyl groups is 1. The van der Waals surface area contributed by atoms with Gasteiger partial charge in [0.15, 0.2) is 11.5 Å². The molecule has 3 aliphatic heterocycles. The third-order valence-corrected chi connectivity index (χ3v) is 7.06. The molecule has 0 saturated carbocycles. The highest BCUT2D eigenvalue weighted by Crippen LogP contribution is 2.52.